The van der Waals surface area contributed by atoms with Gasteiger partial charge in [0.25, 0.3) is 0 Å². The third-order valence-electron chi connectivity index (χ3n) is 5.77. The Hall–Kier alpha value is -3.52. The van der Waals surface area contributed by atoms with Gasteiger partial charge in [0.15, 0.2) is 12.4 Å². The summed E-state index contributed by atoms with van der Waals surface area (Å²) in [5, 5.41) is 0. The molecule has 0 aromatic heterocycles. The lowest BCUT2D eigenvalue weighted by atomic mass is 9.99. The highest BCUT2D eigenvalue weighted by molar-refractivity contribution is 5.89. The Labute approximate surface area is 204 Å². The molecule has 7 heteroatoms. The molecule has 0 N–H and O–H groups in total. The van der Waals surface area contributed by atoms with Crippen LogP contribution in [0.2, 0.25) is 0 Å². The molecule has 35 heavy (non-hydrogen) atoms. The first-order chi connectivity index (χ1) is 17.2. The maximum atomic E-state index is 12.8. The number of benzene rings is 3. The van der Waals surface area contributed by atoms with E-state index in [0.29, 0.717) is 17.7 Å². The lowest BCUT2D eigenvalue weighted by Gasteiger charge is -2.24. The van der Waals surface area contributed by atoms with Crippen LogP contribution < -0.4 is 0 Å². The second kappa shape index (κ2) is 12.3. The van der Waals surface area contributed by atoms with Crippen molar-refractivity contribution in [1.82, 2.24) is 0 Å². The predicted octanol–water partition coefficient (Wildman–Crippen LogP) is 4.27. The quantitative estimate of drug-likeness (QED) is 0.404. The summed E-state index contributed by atoms with van der Waals surface area (Å²) in [6.45, 7) is 0.562. The highest BCUT2D eigenvalue weighted by Crippen LogP contribution is 2.32. The van der Waals surface area contributed by atoms with E-state index in [1.54, 1.807) is 48.5 Å². The van der Waals surface area contributed by atoms with Gasteiger partial charge >= 0.3 is 11.9 Å². The number of methoxy groups -OCH3 is 1. The van der Waals surface area contributed by atoms with Crippen LogP contribution >= 0.6 is 0 Å². The molecule has 0 radical (unpaired) electrons. The molecule has 1 aliphatic heterocycles. The van der Waals surface area contributed by atoms with Gasteiger partial charge in [0, 0.05) is 7.11 Å². The van der Waals surface area contributed by atoms with Gasteiger partial charge in [0.1, 0.15) is 12.7 Å². The minimum Gasteiger partial charge on any atom is -0.459 e. The van der Waals surface area contributed by atoms with E-state index in [4.69, 9.17) is 23.7 Å². The van der Waals surface area contributed by atoms with Crippen LogP contribution in [-0.4, -0.2) is 50.8 Å². The molecular formula is C28H28O7. The SMILES string of the molecule is CO[C@@H]1O[C@H](COC(=O)c2ccccc2)[C@H](COCc2ccccc2)C1OC(=O)c1ccccc1. The fraction of sp³-hybridized carbons (Fsp3) is 0.286. The molecule has 1 aliphatic rings. The Morgan fingerprint density at radius 3 is 1.94 bits per heavy atom. The molecule has 0 bridgehead atoms. The van der Waals surface area contributed by atoms with Crippen molar-refractivity contribution >= 4 is 11.9 Å². The number of ether oxygens (including phenoxy) is 5. The van der Waals surface area contributed by atoms with Crippen molar-refractivity contribution in [2.24, 2.45) is 5.92 Å². The van der Waals surface area contributed by atoms with Crippen LogP contribution in [0.3, 0.4) is 0 Å². The average Bonchev–Trinajstić information content (AvgIpc) is 3.24. The van der Waals surface area contributed by atoms with Gasteiger partial charge in [-0.1, -0.05) is 66.7 Å². The Kier molecular flexibility index (Phi) is 8.62. The lowest BCUT2D eigenvalue weighted by molar-refractivity contribution is -0.155. The van der Waals surface area contributed by atoms with E-state index in [1.807, 2.05) is 42.5 Å². The van der Waals surface area contributed by atoms with Crippen LogP contribution in [0.15, 0.2) is 91.0 Å². The molecule has 1 saturated heterocycles. The molecule has 4 atom stereocenters. The molecule has 3 aromatic carbocycles. The van der Waals surface area contributed by atoms with Gasteiger partial charge < -0.3 is 23.7 Å². The van der Waals surface area contributed by atoms with Crippen molar-refractivity contribution in [3.05, 3.63) is 108 Å². The minimum atomic E-state index is -0.826. The van der Waals surface area contributed by atoms with E-state index < -0.39 is 36.4 Å². The highest BCUT2D eigenvalue weighted by atomic mass is 16.7. The number of carbonyl (C=O) groups is 2. The Morgan fingerprint density at radius 2 is 1.34 bits per heavy atom. The summed E-state index contributed by atoms with van der Waals surface area (Å²) in [5.74, 6) is -1.37. The number of esters is 2. The summed E-state index contributed by atoms with van der Waals surface area (Å²) in [6, 6.07) is 27.2. The van der Waals surface area contributed by atoms with Gasteiger partial charge in [-0.15, -0.1) is 0 Å². The molecule has 1 fully saturated rings. The van der Waals surface area contributed by atoms with E-state index in [2.05, 4.69) is 0 Å². The van der Waals surface area contributed by atoms with E-state index in [9.17, 15) is 9.59 Å². The zero-order chi connectivity index (χ0) is 24.5. The fourth-order valence-electron chi connectivity index (χ4n) is 3.93. The third-order valence-corrected chi connectivity index (χ3v) is 5.77. The third kappa shape index (κ3) is 6.54. The summed E-state index contributed by atoms with van der Waals surface area (Å²) in [6.07, 6.45) is -2.16. The highest BCUT2D eigenvalue weighted by Gasteiger charge is 2.48. The predicted molar refractivity (Wildman–Crippen MR) is 128 cm³/mol. The van der Waals surface area contributed by atoms with Crippen molar-refractivity contribution in [2.45, 2.75) is 25.1 Å². The van der Waals surface area contributed by atoms with Crippen molar-refractivity contribution in [3.8, 4) is 0 Å². The summed E-state index contributed by atoms with van der Waals surface area (Å²) in [4.78, 5) is 25.3. The molecule has 1 heterocycles. The molecule has 3 aromatic rings. The number of carbonyl (C=O) groups excluding carboxylic acids is 2. The standard InChI is InChI=1S/C28H28O7/c1-31-28-25(35-27(30)22-15-9-4-10-16-22)23(18-32-17-20-11-5-2-6-12-20)24(34-28)19-33-26(29)21-13-7-3-8-14-21/h2-16,23-25,28H,17-19H2,1H3/t23-,24+,25?,28+/m0/s1. The molecule has 182 valence electrons. The Balaban J connectivity index is 1.46. The van der Waals surface area contributed by atoms with Gasteiger partial charge in [-0.25, -0.2) is 9.59 Å². The Bertz CT molecular complexity index is 1070. The van der Waals surface area contributed by atoms with E-state index in [1.165, 1.54) is 7.11 Å². The smallest absolute Gasteiger partial charge is 0.338 e. The molecule has 0 amide bonds. The normalized spacial score (nSPS) is 21.4. The average molecular weight is 477 g/mol. The maximum Gasteiger partial charge on any atom is 0.338 e. The molecule has 1 unspecified atom stereocenters. The summed E-state index contributed by atoms with van der Waals surface area (Å²) >= 11 is 0. The van der Waals surface area contributed by atoms with E-state index >= 15 is 0 Å². The first-order valence-corrected chi connectivity index (χ1v) is 11.4. The van der Waals surface area contributed by atoms with Crippen LogP contribution in [0.25, 0.3) is 0 Å². The monoisotopic (exact) mass is 476 g/mol. The van der Waals surface area contributed by atoms with Crippen molar-refractivity contribution in [1.29, 1.82) is 0 Å². The molecular weight excluding hydrogens is 448 g/mol. The van der Waals surface area contributed by atoms with Crippen LogP contribution in [0.4, 0.5) is 0 Å². The largest absolute Gasteiger partial charge is 0.459 e. The van der Waals surface area contributed by atoms with Crippen LogP contribution in [0, 0.1) is 5.92 Å². The lowest BCUT2D eigenvalue weighted by Crippen LogP contribution is -2.37. The first kappa shape index (κ1) is 24.6. The van der Waals surface area contributed by atoms with Crippen molar-refractivity contribution < 1.29 is 33.3 Å². The van der Waals surface area contributed by atoms with Gasteiger partial charge in [-0.3, -0.25) is 0 Å². The molecule has 0 saturated carbocycles. The zero-order valence-electron chi connectivity index (χ0n) is 19.4. The maximum absolute atomic E-state index is 12.8. The van der Waals surface area contributed by atoms with Crippen LogP contribution in [0.5, 0.6) is 0 Å². The molecule has 4 rings (SSSR count). The molecule has 7 nitrogen and oxygen atoms in total. The number of hydrogen-bond donors (Lipinski definition) is 0. The van der Waals surface area contributed by atoms with Crippen LogP contribution in [-0.2, 0) is 30.3 Å². The fourth-order valence-corrected chi connectivity index (χ4v) is 3.93. The first-order valence-electron chi connectivity index (χ1n) is 11.4. The van der Waals surface area contributed by atoms with E-state index in [-0.39, 0.29) is 13.2 Å². The Morgan fingerprint density at radius 1 is 0.771 bits per heavy atom. The van der Waals surface area contributed by atoms with Gasteiger partial charge in [0.05, 0.1) is 30.3 Å². The summed E-state index contributed by atoms with van der Waals surface area (Å²) in [5.41, 5.74) is 1.88. The molecule has 0 spiro atoms. The number of hydrogen-bond acceptors (Lipinski definition) is 7. The number of rotatable bonds is 10. The molecule has 0 aliphatic carbocycles. The topological polar surface area (TPSA) is 80.3 Å². The van der Waals surface area contributed by atoms with Gasteiger partial charge in [-0.2, -0.15) is 0 Å². The van der Waals surface area contributed by atoms with Gasteiger partial charge in [0.2, 0.25) is 0 Å². The zero-order valence-corrected chi connectivity index (χ0v) is 19.4. The second-order valence-electron chi connectivity index (χ2n) is 8.14. The van der Waals surface area contributed by atoms with Crippen LogP contribution in [0.1, 0.15) is 26.3 Å². The van der Waals surface area contributed by atoms with Crippen molar-refractivity contribution in [2.75, 3.05) is 20.3 Å². The summed E-state index contributed by atoms with van der Waals surface area (Å²) in [7, 11) is 1.48. The minimum absolute atomic E-state index is 0.0354. The second-order valence-corrected chi connectivity index (χ2v) is 8.14. The van der Waals surface area contributed by atoms with Crippen molar-refractivity contribution in [3.63, 3.8) is 0 Å². The van der Waals surface area contributed by atoms with Gasteiger partial charge in [-0.05, 0) is 29.8 Å². The van der Waals surface area contributed by atoms with E-state index in [0.717, 1.165) is 5.56 Å². The summed E-state index contributed by atoms with van der Waals surface area (Å²) < 4.78 is 28.8.